The number of ether oxygens (including phenoxy) is 2. The van der Waals surface area contributed by atoms with Crippen LogP contribution in [0.15, 0.2) is 67.0 Å². The largest absolute Gasteiger partial charge is 0.493 e. The first kappa shape index (κ1) is 17.9. The molecule has 0 saturated heterocycles. The molecule has 1 heterocycles. The van der Waals surface area contributed by atoms with Gasteiger partial charge in [-0.1, -0.05) is 18.2 Å². The molecule has 0 saturated carbocycles. The lowest BCUT2D eigenvalue weighted by molar-refractivity contribution is 0.284. The molecule has 5 heteroatoms. The number of pyridine rings is 1. The Balaban J connectivity index is 1.68. The van der Waals surface area contributed by atoms with Crippen LogP contribution in [0.1, 0.15) is 22.7 Å². The maximum absolute atomic E-state index is 13.0. The number of methoxy groups -OCH3 is 1. The van der Waals surface area contributed by atoms with Crippen LogP contribution in [0.3, 0.4) is 0 Å². The zero-order chi connectivity index (χ0) is 18.4. The van der Waals surface area contributed by atoms with E-state index in [9.17, 15) is 4.39 Å². The van der Waals surface area contributed by atoms with Gasteiger partial charge in [0.25, 0.3) is 0 Å². The number of hydrogen-bond acceptors (Lipinski definition) is 4. The molecular weight excluding hydrogens is 331 g/mol. The predicted molar refractivity (Wildman–Crippen MR) is 98.6 cm³/mol. The quantitative estimate of drug-likeness (QED) is 0.697. The highest BCUT2D eigenvalue weighted by molar-refractivity contribution is 5.43. The number of nitrogens with zero attached hydrogens (tertiary/aromatic N) is 1. The van der Waals surface area contributed by atoms with Crippen LogP contribution in [0.2, 0.25) is 0 Å². The van der Waals surface area contributed by atoms with Crippen LogP contribution in [0.5, 0.6) is 11.5 Å². The molecule has 0 aliphatic carbocycles. The normalized spacial score (nSPS) is 11.8. The van der Waals surface area contributed by atoms with E-state index >= 15 is 0 Å². The van der Waals surface area contributed by atoms with Gasteiger partial charge in [0.05, 0.1) is 7.11 Å². The highest BCUT2D eigenvalue weighted by Crippen LogP contribution is 2.30. The number of benzene rings is 2. The minimum absolute atomic E-state index is 0.117. The van der Waals surface area contributed by atoms with Crippen molar-refractivity contribution in [2.75, 3.05) is 7.11 Å². The van der Waals surface area contributed by atoms with Crippen LogP contribution in [-0.4, -0.2) is 12.1 Å². The fourth-order valence-corrected chi connectivity index (χ4v) is 2.68. The molecule has 0 aliphatic rings. The van der Waals surface area contributed by atoms with E-state index in [1.54, 1.807) is 31.6 Å². The van der Waals surface area contributed by atoms with Gasteiger partial charge in [0.15, 0.2) is 11.5 Å². The monoisotopic (exact) mass is 352 g/mol. The van der Waals surface area contributed by atoms with E-state index in [4.69, 9.17) is 15.2 Å². The van der Waals surface area contributed by atoms with Crippen molar-refractivity contribution in [1.82, 2.24) is 4.98 Å². The first-order valence-corrected chi connectivity index (χ1v) is 8.35. The highest BCUT2D eigenvalue weighted by Gasteiger charge is 2.11. The van der Waals surface area contributed by atoms with E-state index in [0.717, 1.165) is 16.7 Å². The van der Waals surface area contributed by atoms with Crippen molar-refractivity contribution >= 4 is 0 Å². The smallest absolute Gasteiger partial charge is 0.161 e. The Kier molecular flexibility index (Phi) is 5.81. The van der Waals surface area contributed by atoms with Gasteiger partial charge >= 0.3 is 0 Å². The molecule has 0 fully saturated rings. The summed E-state index contributed by atoms with van der Waals surface area (Å²) in [5.41, 5.74) is 9.25. The molecule has 0 amide bonds. The number of aromatic nitrogens is 1. The Morgan fingerprint density at radius 3 is 2.35 bits per heavy atom. The maximum atomic E-state index is 13.0. The lowest BCUT2D eigenvalue weighted by Gasteiger charge is -2.15. The standard InChI is InChI=1S/C21H21FN2O2/c1-25-21-13-16(12-19(23)17-8-10-24-11-9-17)4-7-20(21)26-14-15-2-5-18(22)6-3-15/h2-11,13,19H,12,14,23H2,1H3. The fraction of sp³-hybridized carbons (Fsp3) is 0.190. The molecule has 2 N–H and O–H groups in total. The maximum Gasteiger partial charge on any atom is 0.161 e. The second-order valence-corrected chi connectivity index (χ2v) is 5.99. The summed E-state index contributed by atoms with van der Waals surface area (Å²) in [7, 11) is 1.60. The van der Waals surface area contributed by atoms with Gasteiger partial charge in [-0.25, -0.2) is 4.39 Å². The van der Waals surface area contributed by atoms with Crippen molar-refractivity contribution in [3.05, 3.63) is 89.5 Å². The van der Waals surface area contributed by atoms with Crippen LogP contribution in [-0.2, 0) is 13.0 Å². The minimum atomic E-state index is -0.263. The van der Waals surface area contributed by atoms with E-state index in [2.05, 4.69) is 4.98 Å². The summed E-state index contributed by atoms with van der Waals surface area (Å²) in [5, 5.41) is 0. The second kappa shape index (κ2) is 8.45. The van der Waals surface area contributed by atoms with Gasteiger partial charge in [0.2, 0.25) is 0 Å². The molecule has 0 aliphatic heterocycles. The van der Waals surface area contributed by atoms with Crippen molar-refractivity contribution in [3.63, 3.8) is 0 Å². The van der Waals surface area contributed by atoms with Gasteiger partial charge in [-0.3, -0.25) is 4.98 Å². The third-order valence-corrected chi connectivity index (χ3v) is 4.13. The summed E-state index contributed by atoms with van der Waals surface area (Å²) in [6.07, 6.45) is 4.16. The third-order valence-electron chi connectivity index (χ3n) is 4.13. The molecule has 0 spiro atoms. The molecule has 1 unspecified atom stereocenters. The van der Waals surface area contributed by atoms with E-state index in [0.29, 0.717) is 24.5 Å². The fourth-order valence-electron chi connectivity index (χ4n) is 2.68. The zero-order valence-corrected chi connectivity index (χ0v) is 14.6. The molecule has 1 aromatic heterocycles. The second-order valence-electron chi connectivity index (χ2n) is 5.99. The van der Waals surface area contributed by atoms with Gasteiger partial charge in [0.1, 0.15) is 12.4 Å². The number of halogens is 1. The first-order valence-electron chi connectivity index (χ1n) is 8.35. The molecule has 1 atom stereocenters. The van der Waals surface area contributed by atoms with Crippen molar-refractivity contribution in [1.29, 1.82) is 0 Å². The van der Waals surface area contributed by atoms with Crippen molar-refractivity contribution < 1.29 is 13.9 Å². The van der Waals surface area contributed by atoms with E-state index in [1.807, 2.05) is 30.3 Å². The Labute approximate surface area is 152 Å². The Morgan fingerprint density at radius 1 is 0.962 bits per heavy atom. The molecular formula is C21H21FN2O2. The van der Waals surface area contributed by atoms with E-state index < -0.39 is 0 Å². The Morgan fingerprint density at radius 2 is 1.65 bits per heavy atom. The van der Waals surface area contributed by atoms with Crippen LogP contribution >= 0.6 is 0 Å². The summed E-state index contributed by atoms with van der Waals surface area (Å²) in [6, 6.07) is 15.7. The Hall–Kier alpha value is -2.92. The van der Waals surface area contributed by atoms with Crippen molar-refractivity contribution in [3.8, 4) is 11.5 Å². The molecule has 4 nitrogen and oxygen atoms in total. The lowest BCUT2D eigenvalue weighted by atomic mass is 10.0. The van der Waals surface area contributed by atoms with Crippen LogP contribution in [0.25, 0.3) is 0 Å². The number of nitrogens with two attached hydrogens (primary N) is 1. The molecule has 0 bridgehead atoms. The SMILES string of the molecule is COc1cc(CC(N)c2ccncc2)ccc1OCc1ccc(F)cc1. The number of rotatable bonds is 7. The van der Waals surface area contributed by atoms with Crippen LogP contribution < -0.4 is 15.2 Å². The van der Waals surface area contributed by atoms with Crippen LogP contribution in [0, 0.1) is 5.82 Å². The molecule has 0 radical (unpaired) electrons. The zero-order valence-electron chi connectivity index (χ0n) is 14.6. The molecule has 3 rings (SSSR count). The van der Waals surface area contributed by atoms with E-state index in [-0.39, 0.29) is 11.9 Å². The Bertz CT molecular complexity index is 838. The molecule has 3 aromatic rings. The predicted octanol–water partition coefficient (Wildman–Crippen LogP) is 4.05. The number of hydrogen-bond donors (Lipinski definition) is 1. The topological polar surface area (TPSA) is 57.4 Å². The van der Waals surface area contributed by atoms with Crippen LogP contribution in [0.4, 0.5) is 4.39 Å². The first-order chi connectivity index (χ1) is 12.7. The lowest BCUT2D eigenvalue weighted by Crippen LogP contribution is -2.13. The minimum Gasteiger partial charge on any atom is -0.493 e. The molecule has 26 heavy (non-hydrogen) atoms. The summed E-state index contributed by atoms with van der Waals surface area (Å²) in [4.78, 5) is 4.01. The van der Waals surface area contributed by atoms with E-state index in [1.165, 1.54) is 12.1 Å². The summed E-state index contributed by atoms with van der Waals surface area (Å²) < 4.78 is 24.2. The van der Waals surface area contributed by atoms with Gasteiger partial charge in [-0.2, -0.15) is 0 Å². The van der Waals surface area contributed by atoms with Crippen molar-refractivity contribution in [2.24, 2.45) is 5.73 Å². The average Bonchev–Trinajstić information content (AvgIpc) is 2.68. The average molecular weight is 352 g/mol. The summed E-state index contributed by atoms with van der Waals surface area (Å²) in [5.74, 6) is 1.02. The van der Waals surface area contributed by atoms with Crippen molar-refractivity contribution in [2.45, 2.75) is 19.1 Å². The highest BCUT2D eigenvalue weighted by atomic mass is 19.1. The molecule has 2 aromatic carbocycles. The van der Waals surface area contributed by atoms with Gasteiger partial charge < -0.3 is 15.2 Å². The van der Waals surface area contributed by atoms with Gasteiger partial charge in [0, 0.05) is 18.4 Å². The molecule has 134 valence electrons. The van der Waals surface area contributed by atoms with Gasteiger partial charge in [-0.05, 0) is 59.5 Å². The third kappa shape index (κ3) is 4.58. The van der Waals surface area contributed by atoms with Gasteiger partial charge in [-0.15, -0.1) is 0 Å². The summed E-state index contributed by atoms with van der Waals surface area (Å²) >= 11 is 0. The summed E-state index contributed by atoms with van der Waals surface area (Å²) in [6.45, 7) is 0.340.